The second-order valence-electron chi connectivity index (χ2n) is 4.76. The average Bonchev–Trinajstić information content (AvgIpc) is 2.89. The van der Waals surface area contributed by atoms with Crippen LogP contribution in [0.3, 0.4) is 0 Å². The Morgan fingerprint density at radius 3 is 2.68 bits per heavy atom. The first-order valence-electron chi connectivity index (χ1n) is 6.28. The second-order valence-corrected chi connectivity index (χ2v) is 5.49. The molecule has 0 atom stereocenters. The van der Waals surface area contributed by atoms with Crippen LogP contribution in [0.2, 0.25) is 0 Å². The minimum atomic E-state index is 0.365. The molecule has 0 fully saturated rings. The first-order chi connectivity index (χ1) is 9.11. The fraction of sp³-hybridized carbons (Fsp3) is 0.429. The molecule has 0 aliphatic rings. The highest BCUT2D eigenvalue weighted by Crippen LogP contribution is 2.24. The van der Waals surface area contributed by atoms with Crippen molar-refractivity contribution in [1.82, 2.24) is 9.36 Å². The average molecular weight is 277 g/mol. The summed E-state index contributed by atoms with van der Waals surface area (Å²) in [5.41, 5.74) is 1.15. The molecule has 1 aromatic heterocycles. The summed E-state index contributed by atoms with van der Waals surface area (Å²) in [6, 6.07) is 8.04. The monoisotopic (exact) mass is 277 g/mol. The van der Waals surface area contributed by atoms with E-state index < -0.39 is 0 Å². The van der Waals surface area contributed by atoms with Crippen LogP contribution in [-0.2, 0) is 6.54 Å². The van der Waals surface area contributed by atoms with Gasteiger partial charge in [-0.25, -0.2) is 4.98 Å². The fourth-order valence-corrected chi connectivity index (χ4v) is 2.54. The van der Waals surface area contributed by atoms with Crippen molar-refractivity contribution in [3.63, 3.8) is 0 Å². The topological polar surface area (TPSA) is 38.2 Å². The maximum absolute atomic E-state index is 5.37. The number of aromatic nitrogens is 2. The minimum absolute atomic E-state index is 0.365. The van der Waals surface area contributed by atoms with E-state index in [1.54, 1.807) is 7.11 Å². The van der Waals surface area contributed by atoms with Gasteiger partial charge >= 0.3 is 0 Å². The molecule has 19 heavy (non-hydrogen) atoms. The van der Waals surface area contributed by atoms with Crippen molar-refractivity contribution in [2.45, 2.75) is 26.3 Å². The number of hydrogen-bond acceptors (Lipinski definition) is 5. The number of anilines is 1. The van der Waals surface area contributed by atoms with Crippen LogP contribution < -0.4 is 9.64 Å². The van der Waals surface area contributed by atoms with Crippen LogP contribution in [0.4, 0.5) is 5.13 Å². The molecule has 0 amide bonds. The Balaban J connectivity index is 2.13. The Morgan fingerprint density at radius 1 is 1.32 bits per heavy atom. The van der Waals surface area contributed by atoms with Crippen molar-refractivity contribution in [3.8, 4) is 5.75 Å². The van der Waals surface area contributed by atoms with Gasteiger partial charge in [-0.05, 0) is 6.07 Å². The van der Waals surface area contributed by atoms with Gasteiger partial charge in [0.15, 0.2) is 0 Å². The van der Waals surface area contributed by atoms with Crippen molar-refractivity contribution < 1.29 is 4.74 Å². The summed E-state index contributed by atoms with van der Waals surface area (Å²) in [7, 11) is 3.72. The summed E-state index contributed by atoms with van der Waals surface area (Å²) in [4.78, 5) is 6.65. The lowest BCUT2D eigenvalue weighted by atomic mass is 10.2. The summed E-state index contributed by atoms with van der Waals surface area (Å²) in [6.07, 6.45) is 0. The lowest BCUT2D eigenvalue weighted by Gasteiger charge is -2.17. The van der Waals surface area contributed by atoms with Gasteiger partial charge in [-0.15, -0.1) is 0 Å². The molecule has 1 aromatic carbocycles. The van der Waals surface area contributed by atoms with Crippen LogP contribution in [0, 0.1) is 0 Å². The first kappa shape index (κ1) is 13.8. The van der Waals surface area contributed by atoms with Crippen LogP contribution in [0.25, 0.3) is 0 Å². The van der Waals surface area contributed by atoms with Gasteiger partial charge in [0.1, 0.15) is 11.6 Å². The number of methoxy groups -OCH3 is 1. The first-order valence-corrected chi connectivity index (χ1v) is 7.05. The third kappa shape index (κ3) is 3.23. The molecule has 0 aliphatic carbocycles. The van der Waals surface area contributed by atoms with E-state index in [4.69, 9.17) is 4.74 Å². The van der Waals surface area contributed by atoms with Crippen molar-refractivity contribution in [3.05, 3.63) is 35.7 Å². The van der Waals surface area contributed by atoms with Crippen LogP contribution in [0.1, 0.15) is 31.2 Å². The van der Waals surface area contributed by atoms with Crippen LogP contribution in [0.15, 0.2) is 24.3 Å². The van der Waals surface area contributed by atoms with Crippen molar-refractivity contribution in [2.75, 3.05) is 19.1 Å². The molecular weight excluding hydrogens is 258 g/mol. The zero-order chi connectivity index (χ0) is 13.8. The molecular formula is C14H19N3OS. The van der Waals surface area contributed by atoms with Gasteiger partial charge in [0.25, 0.3) is 0 Å². The molecule has 2 rings (SSSR count). The highest BCUT2D eigenvalue weighted by molar-refractivity contribution is 7.09. The van der Waals surface area contributed by atoms with Gasteiger partial charge in [-0.2, -0.15) is 4.37 Å². The number of nitrogens with zero attached hydrogens (tertiary/aromatic N) is 3. The smallest absolute Gasteiger partial charge is 0.205 e. The van der Waals surface area contributed by atoms with E-state index in [9.17, 15) is 0 Å². The summed E-state index contributed by atoms with van der Waals surface area (Å²) in [6.45, 7) is 4.97. The van der Waals surface area contributed by atoms with Crippen LogP contribution in [-0.4, -0.2) is 23.5 Å². The SMILES string of the molecule is COc1ccccc1CN(C)c1nc(C(C)C)ns1. The summed E-state index contributed by atoms with van der Waals surface area (Å²) in [5, 5.41) is 0.939. The van der Waals surface area contributed by atoms with Crippen LogP contribution in [0.5, 0.6) is 5.75 Å². The molecule has 0 radical (unpaired) electrons. The highest BCUT2D eigenvalue weighted by atomic mass is 32.1. The largest absolute Gasteiger partial charge is 0.496 e. The molecule has 0 saturated carbocycles. The van der Waals surface area contributed by atoms with Gasteiger partial charge in [0.05, 0.1) is 7.11 Å². The van der Waals surface area contributed by atoms with Crippen molar-refractivity contribution >= 4 is 16.7 Å². The molecule has 102 valence electrons. The van der Waals surface area contributed by atoms with Crippen molar-refractivity contribution in [2.24, 2.45) is 0 Å². The summed E-state index contributed by atoms with van der Waals surface area (Å²) >= 11 is 1.44. The van der Waals surface area contributed by atoms with Gasteiger partial charge in [0.2, 0.25) is 5.13 Å². The van der Waals surface area contributed by atoms with E-state index in [0.29, 0.717) is 5.92 Å². The highest BCUT2D eigenvalue weighted by Gasteiger charge is 2.12. The zero-order valence-corrected chi connectivity index (χ0v) is 12.6. The Labute approximate surface area is 118 Å². The third-order valence-electron chi connectivity index (χ3n) is 2.87. The van der Waals surface area contributed by atoms with E-state index in [2.05, 4.69) is 34.2 Å². The standard InChI is InChI=1S/C14H19N3OS/c1-10(2)13-15-14(19-16-13)17(3)9-11-7-5-6-8-12(11)18-4/h5-8,10H,9H2,1-4H3. The normalized spacial score (nSPS) is 10.8. The molecule has 0 spiro atoms. The molecule has 0 bridgehead atoms. The summed E-state index contributed by atoms with van der Waals surface area (Å²) < 4.78 is 9.74. The number of benzene rings is 1. The predicted octanol–water partition coefficient (Wildman–Crippen LogP) is 3.31. The van der Waals surface area contributed by atoms with Gasteiger partial charge in [0, 0.05) is 36.6 Å². The van der Waals surface area contributed by atoms with E-state index in [-0.39, 0.29) is 0 Å². The Hall–Kier alpha value is -1.62. The van der Waals surface area contributed by atoms with E-state index in [1.165, 1.54) is 11.5 Å². The molecule has 5 heteroatoms. The van der Waals surface area contributed by atoms with E-state index in [0.717, 1.165) is 28.8 Å². The number of para-hydroxylation sites is 1. The quantitative estimate of drug-likeness (QED) is 0.840. The molecule has 0 N–H and O–H groups in total. The van der Waals surface area contributed by atoms with E-state index in [1.807, 2.05) is 25.2 Å². The zero-order valence-electron chi connectivity index (χ0n) is 11.8. The Bertz CT molecular complexity index is 539. The maximum atomic E-state index is 5.37. The Kier molecular flexibility index (Phi) is 4.37. The van der Waals surface area contributed by atoms with E-state index >= 15 is 0 Å². The number of rotatable bonds is 5. The molecule has 4 nitrogen and oxygen atoms in total. The molecule has 0 unspecified atom stereocenters. The minimum Gasteiger partial charge on any atom is -0.496 e. The lowest BCUT2D eigenvalue weighted by Crippen LogP contribution is -2.16. The number of ether oxygens (including phenoxy) is 1. The maximum Gasteiger partial charge on any atom is 0.205 e. The molecule has 0 saturated heterocycles. The number of hydrogen-bond donors (Lipinski definition) is 0. The molecule has 0 aliphatic heterocycles. The second kappa shape index (κ2) is 6.02. The van der Waals surface area contributed by atoms with Crippen molar-refractivity contribution in [1.29, 1.82) is 0 Å². The lowest BCUT2D eigenvalue weighted by molar-refractivity contribution is 0.409. The van der Waals surface area contributed by atoms with Gasteiger partial charge in [-0.1, -0.05) is 32.0 Å². The van der Waals surface area contributed by atoms with Gasteiger partial charge < -0.3 is 9.64 Å². The molecule has 2 aromatic rings. The van der Waals surface area contributed by atoms with Crippen LogP contribution >= 0.6 is 11.5 Å². The predicted molar refractivity (Wildman–Crippen MR) is 79.1 cm³/mol. The molecule has 1 heterocycles. The summed E-state index contributed by atoms with van der Waals surface area (Å²) in [5.74, 6) is 2.18. The Morgan fingerprint density at radius 2 is 2.05 bits per heavy atom. The fourth-order valence-electron chi connectivity index (χ4n) is 1.77. The third-order valence-corrected chi connectivity index (χ3v) is 3.72. The van der Waals surface area contributed by atoms with Gasteiger partial charge in [-0.3, -0.25) is 0 Å².